The fourth-order valence-corrected chi connectivity index (χ4v) is 1.19. The van der Waals surface area contributed by atoms with Crippen molar-refractivity contribution in [2.24, 2.45) is 0 Å². The lowest BCUT2D eigenvalue weighted by Gasteiger charge is -2.10. The average Bonchev–Trinajstić information content (AvgIpc) is 2.31. The molecule has 12 heavy (non-hydrogen) atoms. The van der Waals surface area contributed by atoms with Crippen LogP contribution in [0, 0.1) is 0 Å². The molecule has 1 aliphatic rings. The molecular weight excluding hydrogens is 160 g/mol. The second-order valence-corrected chi connectivity index (χ2v) is 2.81. The average molecular weight is 172 g/mol. The highest BCUT2D eigenvalue weighted by molar-refractivity contribution is 5.80. The van der Waals surface area contributed by atoms with Crippen molar-refractivity contribution < 1.29 is 14.3 Å². The molecule has 1 unspecified atom stereocenters. The Balaban J connectivity index is 2.37. The highest BCUT2D eigenvalue weighted by atomic mass is 16.5. The van der Waals surface area contributed by atoms with Crippen molar-refractivity contribution in [3.05, 3.63) is 0 Å². The van der Waals surface area contributed by atoms with Gasteiger partial charge in [0.15, 0.2) is 0 Å². The van der Waals surface area contributed by atoms with E-state index in [0.717, 1.165) is 0 Å². The van der Waals surface area contributed by atoms with Crippen molar-refractivity contribution in [3.63, 3.8) is 0 Å². The van der Waals surface area contributed by atoms with Crippen molar-refractivity contribution in [1.29, 1.82) is 0 Å². The second kappa shape index (κ2) is 3.42. The van der Waals surface area contributed by atoms with Crippen LogP contribution in [0.15, 0.2) is 0 Å². The molecule has 1 heterocycles. The minimum absolute atomic E-state index is 0.0522. The topological polar surface area (TPSA) is 58.6 Å². The van der Waals surface area contributed by atoms with E-state index in [2.05, 4.69) is 10.1 Å². The molecule has 0 aromatic carbocycles. The maximum atomic E-state index is 11.0. The van der Waals surface area contributed by atoms with E-state index in [-0.39, 0.29) is 11.9 Å². The lowest BCUT2D eigenvalue weighted by Crippen LogP contribution is -2.36. The van der Waals surface area contributed by atoms with Gasteiger partial charge in [0.05, 0.1) is 13.2 Å². The summed E-state index contributed by atoms with van der Waals surface area (Å²) in [5.41, 5.74) is 0. The SMILES string of the molecule is COC(=O)NC1CC(=O)N(C)C1. The molecule has 0 saturated carbocycles. The minimum Gasteiger partial charge on any atom is -0.453 e. The molecular formula is C7H12N2O3. The van der Waals surface area contributed by atoms with E-state index in [1.807, 2.05) is 0 Å². The summed E-state index contributed by atoms with van der Waals surface area (Å²) in [4.78, 5) is 23.3. The Morgan fingerprint density at radius 2 is 2.42 bits per heavy atom. The first kappa shape index (κ1) is 8.83. The van der Waals surface area contributed by atoms with E-state index < -0.39 is 6.09 Å². The fraction of sp³-hybridized carbons (Fsp3) is 0.714. The van der Waals surface area contributed by atoms with Gasteiger partial charge in [-0.05, 0) is 0 Å². The maximum Gasteiger partial charge on any atom is 0.407 e. The number of nitrogens with one attached hydrogen (secondary N) is 1. The van der Waals surface area contributed by atoms with E-state index in [4.69, 9.17) is 0 Å². The van der Waals surface area contributed by atoms with Crippen LogP contribution in [0.5, 0.6) is 0 Å². The number of carbonyl (C=O) groups excluding carboxylic acids is 2. The summed E-state index contributed by atoms with van der Waals surface area (Å²) >= 11 is 0. The quantitative estimate of drug-likeness (QED) is 0.584. The van der Waals surface area contributed by atoms with Gasteiger partial charge >= 0.3 is 6.09 Å². The Hall–Kier alpha value is -1.26. The molecule has 1 fully saturated rings. The molecule has 1 atom stereocenters. The molecule has 1 aliphatic heterocycles. The molecule has 2 amide bonds. The molecule has 0 spiro atoms. The zero-order valence-electron chi connectivity index (χ0n) is 7.16. The van der Waals surface area contributed by atoms with Gasteiger partial charge in [-0.1, -0.05) is 0 Å². The van der Waals surface area contributed by atoms with Crippen molar-refractivity contribution in [3.8, 4) is 0 Å². The van der Waals surface area contributed by atoms with Gasteiger partial charge in [-0.2, -0.15) is 0 Å². The van der Waals surface area contributed by atoms with Crippen LogP contribution in [-0.4, -0.2) is 43.6 Å². The summed E-state index contributed by atoms with van der Waals surface area (Å²) in [6.45, 7) is 0.563. The molecule has 0 aromatic heterocycles. The van der Waals surface area contributed by atoms with Gasteiger partial charge in [-0.3, -0.25) is 4.79 Å². The smallest absolute Gasteiger partial charge is 0.407 e. The number of amides is 2. The Kier molecular flexibility index (Phi) is 2.52. The van der Waals surface area contributed by atoms with E-state index in [0.29, 0.717) is 13.0 Å². The summed E-state index contributed by atoms with van der Waals surface area (Å²) in [5.74, 6) is 0.0522. The molecule has 5 heteroatoms. The number of nitrogens with zero attached hydrogens (tertiary/aromatic N) is 1. The Morgan fingerprint density at radius 1 is 1.75 bits per heavy atom. The van der Waals surface area contributed by atoms with Gasteiger partial charge in [0.25, 0.3) is 0 Å². The standard InChI is InChI=1S/C7H12N2O3/c1-9-4-5(3-6(9)10)8-7(11)12-2/h5H,3-4H2,1-2H3,(H,8,11). The largest absolute Gasteiger partial charge is 0.453 e. The molecule has 0 radical (unpaired) electrons. The number of hydrogen-bond donors (Lipinski definition) is 1. The number of likely N-dealkylation sites (tertiary alicyclic amines) is 1. The third-order valence-electron chi connectivity index (χ3n) is 1.85. The predicted molar refractivity (Wildman–Crippen MR) is 41.6 cm³/mol. The van der Waals surface area contributed by atoms with Crippen LogP contribution in [0.25, 0.3) is 0 Å². The van der Waals surface area contributed by atoms with E-state index in [1.165, 1.54) is 7.11 Å². The summed E-state index contributed by atoms with van der Waals surface area (Å²) in [6, 6.07) is -0.102. The van der Waals surface area contributed by atoms with Crippen LogP contribution in [0.4, 0.5) is 4.79 Å². The first-order valence-electron chi connectivity index (χ1n) is 3.72. The lowest BCUT2D eigenvalue weighted by atomic mass is 10.3. The van der Waals surface area contributed by atoms with Crippen LogP contribution in [0.3, 0.4) is 0 Å². The number of alkyl carbamates (subject to hydrolysis) is 1. The third kappa shape index (κ3) is 1.87. The van der Waals surface area contributed by atoms with Crippen LogP contribution in [0.1, 0.15) is 6.42 Å². The van der Waals surface area contributed by atoms with Crippen LogP contribution in [-0.2, 0) is 9.53 Å². The normalized spacial score (nSPS) is 22.7. The fourth-order valence-electron chi connectivity index (χ4n) is 1.19. The number of hydrogen-bond acceptors (Lipinski definition) is 3. The summed E-state index contributed by atoms with van der Waals surface area (Å²) in [7, 11) is 3.01. The highest BCUT2D eigenvalue weighted by Crippen LogP contribution is 2.07. The molecule has 0 aliphatic carbocycles. The first-order chi connectivity index (χ1) is 5.63. The number of methoxy groups -OCH3 is 1. The summed E-state index contributed by atoms with van der Waals surface area (Å²) in [6.07, 6.45) is -0.117. The molecule has 0 bridgehead atoms. The summed E-state index contributed by atoms with van der Waals surface area (Å²) in [5, 5.41) is 2.57. The van der Waals surface area contributed by atoms with Crippen molar-refractivity contribution >= 4 is 12.0 Å². The Bertz CT molecular complexity index is 205. The predicted octanol–water partition coefficient (Wildman–Crippen LogP) is -0.427. The number of rotatable bonds is 1. The maximum absolute atomic E-state index is 11.0. The van der Waals surface area contributed by atoms with Crippen molar-refractivity contribution in [2.75, 3.05) is 20.7 Å². The number of ether oxygens (including phenoxy) is 1. The monoisotopic (exact) mass is 172 g/mol. The summed E-state index contributed by atoms with van der Waals surface area (Å²) < 4.78 is 4.40. The molecule has 1 rings (SSSR count). The minimum atomic E-state index is -0.483. The first-order valence-corrected chi connectivity index (χ1v) is 3.72. The lowest BCUT2D eigenvalue weighted by molar-refractivity contribution is -0.126. The molecule has 5 nitrogen and oxygen atoms in total. The number of carbonyl (C=O) groups is 2. The van der Waals surface area contributed by atoms with Crippen LogP contribution < -0.4 is 5.32 Å². The van der Waals surface area contributed by atoms with E-state index >= 15 is 0 Å². The van der Waals surface area contributed by atoms with E-state index in [1.54, 1.807) is 11.9 Å². The van der Waals surface area contributed by atoms with Gasteiger partial charge in [-0.15, -0.1) is 0 Å². The Morgan fingerprint density at radius 3 is 2.83 bits per heavy atom. The van der Waals surface area contributed by atoms with Crippen molar-refractivity contribution in [1.82, 2.24) is 10.2 Å². The molecule has 0 aromatic rings. The zero-order valence-corrected chi connectivity index (χ0v) is 7.16. The van der Waals surface area contributed by atoms with Crippen molar-refractivity contribution in [2.45, 2.75) is 12.5 Å². The van der Waals surface area contributed by atoms with Gasteiger partial charge in [0.2, 0.25) is 5.91 Å². The molecule has 1 N–H and O–H groups in total. The third-order valence-corrected chi connectivity index (χ3v) is 1.85. The molecule has 68 valence electrons. The van der Waals surface area contributed by atoms with Gasteiger partial charge < -0.3 is 15.0 Å². The highest BCUT2D eigenvalue weighted by Gasteiger charge is 2.27. The van der Waals surface area contributed by atoms with Crippen LogP contribution in [0.2, 0.25) is 0 Å². The zero-order chi connectivity index (χ0) is 9.14. The second-order valence-electron chi connectivity index (χ2n) is 2.81. The number of likely N-dealkylation sites (N-methyl/N-ethyl adjacent to an activating group) is 1. The molecule has 1 saturated heterocycles. The van der Waals surface area contributed by atoms with E-state index in [9.17, 15) is 9.59 Å². The van der Waals surface area contributed by atoms with Gasteiger partial charge in [-0.25, -0.2) is 4.79 Å². The van der Waals surface area contributed by atoms with Gasteiger partial charge in [0, 0.05) is 20.0 Å². The Labute approximate surface area is 70.7 Å². The van der Waals surface area contributed by atoms with Crippen LogP contribution >= 0.6 is 0 Å². The van der Waals surface area contributed by atoms with Gasteiger partial charge in [0.1, 0.15) is 0 Å².